The molecule has 1 aromatic rings. The number of benzene rings is 1. The topological polar surface area (TPSA) is 101 Å². The summed E-state index contributed by atoms with van der Waals surface area (Å²) >= 11 is 3.32. The lowest BCUT2D eigenvalue weighted by molar-refractivity contribution is -0.157. The molecule has 0 aliphatic carbocycles. The van der Waals surface area contributed by atoms with Gasteiger partial charge in [0.2, 0.25) is 0 Å². The summed E-state index contributed by atoms with van der Waals surface area (Å²) in [4.78, 5) is 24.7. The fourth-order valence-corrected chi connectivity index (χ4v) is 2.40. The highest BCUT2D eigenvalue weighted by molar-refractivity contribution is 9.10. The number of halogens is 1. The number of nitrogens with zero attached hydrogens (tertiary/aromatic N) is 1. The van der Waals surface area contributed by atoms with Gasteiger partial charge in [-0.15, -0.1) is 0 Å². The van der Waals surface area contributed by atoms with E-state index in [1.165, 1.54) is 0 Å². The number of esters is 1. The van der Waals surface area contributed by atoms with Crippen LogP contribution >= 0.6 is 15.9 Å². The Kier molecular flexibility index (Phi) is 7.32. The van der Waals surface area contributed by atoms with Crippen molar-refractivity contribution in [1.82, 2.24) is 5.32 Å². The molecule has 0 radical (unpaired) electrons. The quantitative estimate of drug-likeness (QED) is 0.515. The maximum Gasteiger partial charge on any atom is 0.408 e. The van der Waals surface area contributed by atoms with E-state index in [1.54, 1.807) is 59.7 Å². The van der Waals surface area contributed by atoms with Crippen molar-refractivity contribution in [3.8, 4) is 0 Å². The van der Waals surface area contributed by atoms with Gasteiger partial charge in [-0.2, -0.15) is 5.11 Å². The van der Waals surface area contributed by atoms with Gasteiger partial charge >= 0.3 is 12.1 Å². The fourth-order valence-electron chi connectivity index (χ4n) is 2.05. The normalized spacial score (nSPS) is 12.9. The Morgan fingerprint density at radius 1 is 1.15 bits per heavy atom. The molecule has 144 valence electrons. The molecule has 0 aliphatic rings. The summed E-state index contributed by atoms with van der Waals surface area (Å²) in [7, 11) is 0. The molecule has 0 spiro atoms. The lowest BCUT2D eigenvalue weighted by atomic mass is 10.0. The van der Waals surface area contributed by atoms with Crippen LogP contribution in [0.15, 0.2) is 27.8 Å². The van der Waals surface area contributed by atoms with E-state index in [-0.39, 0.29) is 6.42 Å². The number of hydrogen-bond donors (Lipinski definition) is 2. The minimum absolute atomic E-state index is 0.124. The van der Waals surface area contributed by atoms with Crippen LogP contribution in [0.4, 0.5) is 10.5 Å². The zero-order chi connectivity index (χ0) is 20.1. The number of alkyl carbamates (subject to hydrolysis) is 1. The summed E-state index contributed by atoms with van der Waals surface area (Å²) in [6, 6.07) is 4.22. The highest BCUT2D eigenvalue weighted by Gasteiger charge is 2.29. The summed E-state index contributed by atoms with van der Waals surface area (Å²) in [6.07, 6.45) is -0.589. The Hall–Kier alpha value is -1.96. The molecular formula is C18H26BrN3O4. The minimum Gasteiger partial charge on any atom is -0.458 e. The fraction of sp³-hybridized carbons (Fsp3) is 0.556. The number of nitrogens with one attached hydrogen (secondary N) is 2. The van der Waals surface area contributed by atoms with Crippen molar-refractivity contribution in [2.45, 2.75) is 65.2 Å². The monoisotopic (exact) mass is 427 g/mol. The first-order chi connectivity index (χ1) is 11.8. The molecule has 0 aliphatic heterocycles. The van der Waals surface area contributed by atoms with E-state index in [0.717, 1.165) is 4.47 Å². The molecule has 26 heavy (non-hydrogen) atoms. The predicted octanol–water partition coefficient (Wildman–Crippen LogP) is 4.89. The molecule has 8 heteroatoms. The minimum atomic E-state index is -0.967. The Bertz CT molecular complexity index is 678. The second-order valence-electron chi connectivity index (χ2n) is 7.82. The Balaban J connectivity index is 3.06. The molecule has 2 N–H and O–H groups in total. The lowest BCUT2D eigenvalue weighted by Crippen LogP contribution is -2.47. The summed E-state index contributed by atoms with van der Waals surface area (Å²) in [6.45, 7) is 10.5. The van der Waals surface area contributed by atoms with Gasteiger partial charge in [-0.05, 0) is 59.2 Å². The molecule has 0 aromatic heterocycles. The first-order valence-corrected chi connectivity index (χ1v) is 8.98. The first-order valence-electron chi connectivity index (χ1n) is 8.19. The smallest absolute Gasteiger partial charge is 0.408 e. The maximum absolute atomic E-state index is 12.6. The van der Waals surface area contributed by atoms with Crippen LogP contribution in [0.5, 0.6) is 0 Å². The molecule has 7 nitrogen and oxygen atoms in total. The van der Waals surface area contributed by atoms with Crippen molar-refractivity contribution in [3.05, 3.63) is 28.2 Å². The Morgan fingerprint density at radius 2 is 1.73 bits per heavy atom. The highest BCUT2D eigenvalue weighted by atomic mass is 79.9. The predicted molar refractivity (Wildman–Crippen MR) is 102 cm³/mol. The molecule has 1 rings (SSSR count). The number of carbonyl (C=O) groups excluding carboxylic acids is 2. The molecule has 1 atom stereocenters. The number of amides is 1. The van der Waals surface area contributed by atoms with Crippen LogP contribution in [-0.4, -0.2) is 29.3 Å². The number of ether oxygens (including phenoxy) is 2. The van der Waals surface area contributed by atoms with Gasteiger partial charge < -0.3 is 14.8 Å². The molecule has 0 heterocycles. The van der Waals surface area contributed by atoms with Gasteiger partial charge in [0, 0.05) is 10.9 Å². The maximum atomic E-state index is 12.6. The second kappa shape index (κ2) is 8.62. The summed E-state index contributed by atoms with van der Waals surface area (Å²) in [5, 5.41) is 6.04. The third-order valence-corrected chi connectivity index (χ3v) is 3.47. The van der Waals surface area contributed by atoms with Crippen molar-refractivity contribution in [2.24, 2.45) is 5.11 Å². The van der Waals surface area contributed by atoms with Crippen LogP contribution in [0.3, 0.4) is 0 Å². The van der Waals surface area contributed by atoms with E-state index >= 15 is 0 Å². The van der Waals surface area contributed by atoms with Gasteiger partial charge in [0.05, 0.1) is 5.69 Å². The standard InChI is InChI=1S/C18H26BrN3O4/c1-17(2,3)25-15(23)14(21-16(24)26-18(4,5)6)9-11-7-8-12(19)10-13(11)22-20/h7-8,10,14,20H,9H2,1-6H3,(H,21,24). The summed E-state index contributed by atoms with van der Waals surface area (Å²) < 4.78 is 11.4. The molecule has 1 amide bonds. The van der Waals surface area contributed by atoms with Gasteiger partial charge in [-0.3, -0.25) is 0 Å². The van der Waals surface area contributed by atoms with E-state index in [4.69, 9.17) is 15.0 Å². The zero-order valence-corrected chi connectivity index (χ0v) is 17.6. The average Bonchev–Trinajstić information content (AvgIpc) is 2.44. The largest absolute Gasteiger partial charge is 0.458 e. The first kappa shape index (κ1) is 22.1. The van der Waals surface area contributed by atoms with Crippen molar-refractivity contribution in [2.75, 3.05) is 0 Å². The van der Waals surface area contributed by atoms with Gasteiger partial charge in [0.25, 0.3) is 0 Å². The average molecular weight is 428 g/mol. The third kappa shape index (κ3) is 7.95. The van der Waals surface area contributed by atoms with Crippen LogP contribution in [0.1, 0.15) is 47.1 Å². The molecule has 1 unspecified atom stereocenters. The van der Waals surface area contributed by atoms with Crippen molar-refractivity contribution < 1.29 is 19.1 Å². The van der Waals surface area contributed by atoms with Crippen LogP contribution in [0.25, 0.3) is 0 Å². The lowest BCUT2D eigenvalue weighted by Gasteiger charge is -2.26. The van der Waals surface area contributed by atoms with Crippen LogP contribution < -0.4 is 5.32 Å². The van der Waals surface area contributed by atoms with E-state index < -0.39 is 29.3 Å². The Labute approximate surface area is 162 Å². The van der Waals surface area contributed by atoms with Gasteiger partial charge in [0.15, 0.2) is 0 Å². The van der Waals surface area contributed by atoms with Crippen LogP contribution in [-0.2, 0) is 20.7 Å². The number of carbonyl (C=O) groups is 2. The van der Waals surface area contributed by atoms with Crippen LogP contribution in [0, 0.1) is 5.53 Å². The molecule has 0 saturated carbocycles. The second-order valence-corrected chi connectivity index (χ2v) is 8.74. The van der Waals surface area contributed by atoms with Crippen molar-refractivity contribution in [3.63, 3.8) is 0 Å². The summed E-state index contributed by atoms with van der Waals surface area (Å²) in [5.41, 5.74) is 6.95. The van der Waals surface area contributed by atoms with E-state index in [1.807, 2.05) is 0 Å². The van der Waals surface area contributed by atoms with Gasteiger partial charge in [-0.25, -0.2) is 15.1 Å². The Morgan fingerprint density at radius 3 is 2.23 bits per heavy atom. The number of hydrogen-bond acceptors (Lipinski definition) is 6. The van der Waals surface area contributed by atoms with E-state index in [0.29, 0.717) is 11.3 Å². The van der Waals surface area contributed by atoms with Gasteiger partial charge in [0.1, 0.15) is 17.2 Å². The molecular weight excluding hydrogens is 402 g/mol. The van der Waals surface area contributed by atoms with Crippen LogP contribution in [0.2, 0.25) is 0 Å². The zero-order valence-electron chi connectivity index (χ0n) is 16.0. The molecule has 0 saturated heterocycles. The van der Waals surface area contributed by atoms with E-state index in [9.17, 15) is 9.59 Å². The SMILES string of the molecule is CC(C)(C)OC(=O)NC(Cc1ccc(Br)cc1N=N)C(=O)OC(C)(C)C. The molecule has 0 fully saturated rings. The van der Waals surface area contributed by atoms with Gasteiger partial charge in [-0.1, -0.05) is 22.0 Å². The molecule has 0 bridgehead atoms. The molecule has 1 aromatic carbocycles. The van der Waals surface area contributed by atoms with Crippen molar-refractivity contribution >= 4 is 33.7 Å². The van der Waals surface area contributed by atoms with E-state index in [2.05, 4.69) is 26.4 Å². The highest BCUT2D eigenvalue weighted by Crippen LogP contribution is 2.25. The van der Waals surface area contributed by atoms with Crippen molar-refractivity contribution in [1.29, 1.82) is 5.53 Å². The number of rotatable bonds is 5. The summed E-state index contributed by atoms with van der Waals surface area (Å²) in [5.74, 6) is -0.581. The third-order valence-electron chi connectivity index (χ3n) is 2.97.